The molecule has 0 saturated heterocycles. The first-order chi connectivity index (χ1) is 16.6. The van der Waals surface area contributed by atoms with Crippen LogP contribution in [0.3, 0.4) is 0 Å². The van der Waals surface area contributed by atoms with Crippen molar-refractivity contribution in [2.75, 3.05) is 0 Å². The van der Waals surface area contributed by atoms with E-state index in [0.29, 0.717) is 0 Å². The van der Waals surface area contributed by atoms with Gasteiger partial charge in [-0.25, -0.2) is 4.98 Å². The summed E-state index contributed by atoms with van der Waals surface area (Å²) in [5.41, 5.74) is 11.3. The van der Waals surface area contributed by atoms with E-state index in [0.717, 1.165) is 39.9 Å². The van der Waals surface area contributed by atoms with Crippen LogP contribution in [0.25, 0.3) is 39.2 Å². The number of imidazole rings is 1. The molecule has 0 bridgehead atoms. The van der Waals surface area contributed by atoms with Crippen molar-refractivity contribution in [2.45, 2.75) is 39.0 Å². The van der Waals surface area contributed by atoms with Crippen LogP contribution in [0.5, 0.6) is 0 Å². The number of benzene rings is 4. The van der Waals surface area contributed by atoms with Crippen LogP contribution < -0.4 is 0 Å². The Morgan fingerprint density at radius 3 is 2.21 bits per heavy atom. The fourth-order valence-corrected chi connectivity index (χ4v) is 6.05. The minimum absolute atomic E-state index is 0.0419. The molecule has 5 aromatic rings. The molecule has 0 N–H and O–H groups in total. The maximum Gasteiger partial charge on any atom is 0.145 e. The van der Waals surface area contributed by atoms with E-state index in [9.17, 15) is 0 Å². The first kappa shape index (κ1) is 21.4. The van der Waals surface area contributed by atoms with Crippen molar-refractivity contribution in [2.24, 2.45) is 0 Å². The third kappa shape index (κ3) is 3.03. The lowest BCUT2D eigenvalue weighted by molar-refractivity contribution is 0.491. The molecule has 168 valence electrons. The number of rotatable bonds is 4. The average molecular weight is 507 g/mol. The predicted octanol–water partition coefficient (Wildman–Crippen LogP) is 8.85. The van der Waals surface area contributed by atoms with Gasteiger partial charge in [0.2, 0.25) is 0 Å². The van der Waals surface area contributed by atoms with Crippen LogP contribution in [0.15, 0.2) is 89.4 Å². The van der Waals surface area contributed by atoms with Crippen molar-refractivity contribution in [1.82, 2.24) is 9.55 Å². The van der Waals surface area contributed by atoms with Crippen LogP contribution >= 0.6 is 15.9 Å². The number of nitrogens with zero attached hydrogens (tertiary/aromatic N) is 2. The largest absolute Gasteiger partial charge is 0.292 e. The summed E-state index contributed by atoms with van der Waals surface area (Å²) in [5, 5.41) is 0. The third-order valence-corrected chi connectivity index (χ3v) is 8.17. The molecule has 0 unspecified atom stereocenters. The van der Waals surface area contributed by atoms with Gasteiger partial charge in [0, 0.05) is 21.1 Å². The van der Waals surface area contributed by atoms with Crippen molar-refractivity contribution >= 4 is 27.0 Å². The maximum atomic E-state index is 5.21. The Morgan fingerprint density at radius 1 is 0.794 bits per heavy atom. The lowest BCUT2D eigenvalue weighted by atomic mass is 9.74. The number of aryl methyl sites for hydroxylation is 1. The van der Waals surface area contributed by atoms with Gasteiger partial charge in [0.25, 0.3) is 0 Å². The highest BCUT2D eigenvalue weighted by Gasteiger charge is 2.41. The molecule has 2 nitrogen and oxygen atoms in total. The topological polar surface area (TPSA) is 17.8 Å². The first-order valence-corrected chi connectivity index (χ1v) is 12.8. The predicted molar refractivity (Wildman–Crippen MR) is 146 cm³/mol. The van der Waals surface area contributed by atoms with Crippen LogP contribution in [0.1, 0.15) is 43.4 Å². The SMILES string of the molecule is CCC1(CC)c2ccccc2-c2cc3nc(-c4ccc(Br)cc4)n(-c4ccc(C)cc4)c3cc21. The van der Waals surface area contributed by atoms with E-state index in [2.05, 4.69) is 126 Å². The minimum Gasteiger partial charge on any atom is -0.292 e. The van der Waals surface area contributed by atoms with Gasteiger partial charge < -0.3 is 0 Å². The average Bonchev–Trinajstić information content (AvgIpc) is 3.37. The second kappa shape index (κ2) is 7.95. The molecule has 0 fully saturated rings. The molecule has 0 amide bonds. The maximum absolute atomic E-state index is 5.21. The van der Waals surface area contributed by atoms with E-state index < -0.39 is 0 Å². The highest BCUT2D eigenvalue weighted by atomic mass is 79.9. The van der Waals surface area contributed by atoms with Crippen molar-refractivity contribution in [3.05, 3.63) is 106 Å². The number of fused-ring (bicyclic) bond motifs is 4. The lowest BCUT2D eigenvalue weighted by Gasteiger charge is -2.29. The fourth-order valence-electron chi connectivity index (χ4n) is 5.78. The molecule has 0 aliphatic heterocycles. The van der Waals surface area contributed by atoms with Crippen molar-refractivity contribution in [3.63, 3.8) is 0 Å². The lowest BCUT2D eigenvalue weighted by Crippen LogP contribution is -2.23. The zero-order valence-corrected chi connectivity index (χ0v) is 21.4. The standard InChI is InChI=1S/C31H27BrN2/c1-4-31(5-2)26-9-7-6-8-24(26)25-18-28-29(19-27(25)31)34(23-16-10-20(3)11-17-23)30(33-28)21-12-14-22(32)15-13-21/h6-19H,4-5H2,1-3H3. The number of halogens is 1. The normalized spacial score (nSPS) is 13.8. The van der Waals surface area contributed by atoms with Gasteiger partial charge in [-0.05, 0) is 78.4 Å². The summed E-state index contributed by atoms with van der Waals surface area (Å²) >= 11 is 3.58. The Labute approximate surface area is 209 Å². The summed E-state index contributed by atoms with van der Waals surface area (Å²) in [7, 11) is 0. The molecule has 0 radical (unpaired) electrons. The van der Waals surface area contributed by atoms with Crippen LogP contribution in [-0.4, -0.2) is 9.55 Å². The molecule has 1 aromatic heterocycles. The molecule has 1 aliphatic rings. The van der Waals surface area contributed by atoms with Gasteiger partial charge >= 0.3 is 0 Å². The van der Waals surface area contributed by atoms with Crippen LogP contribution in [0, 0.1) is 6.92 Å². The molecule has 0 saturated carbocycles. The van der Waals surface area contributed by atoms with E-state index >= 15 is 0 Å². The molecule has 6 rings (SSSR count). The van der Waals surface area contributed by atoms with Gasteiger partial charge in [-0.2, -0.15) is 0 Å². The molecule has 0 spiro atoms. The molecule has 4 aromatic carbocycles. The van der Waals surface area contributed by atoms with Crippen LogP contribution in [-0.2, 0) is 5.41 Å². The van der Waals surface area contributed by atoms with Crippen LogP contribution in [0.2, 0.25) is 0 Å². The number of hydrogen-bond donors (Lipinski definition) is 0. The van der Waals surface area contributed by atoms with Gasteiger partial charge in [-0.15, -0.1) is 0 Å². The Bertz CT molecular complexity index is 1520. The fraction of sp³-hybridized carbons (Fsp3) is 0.194. The molecule has 34 heavy (non-hydrogen) atoms. The summed E-state index contributed by atoms with van der Waals surface area (Å²) in [6.45, 7) is 6.78. The highest BCUT2D eigenvalue weighted by molar-refractivity contribution is 9.10. The van der Waals surface area contributed by atoms with E-state index in [1.54, 1.807) is 0 Å². The van der Waals surface area contributed by atoms with E-state index in [1.807, 2.05) is 0 Å². The van der Waals surface area contributed by atoms with Gasteiger partial charge in [0.05, 0.1) is 11.0 Å². The summed E-state index contributed by atoms with van der Waals surface area (Å²) in [6, 6.07) is 30.9. The number of hydrogen-bond acceptors (Lipinski definition) is 1. The first-order valence-electron chi connectivity index (χ1n) is 12.1. The van der Waals surface area contributed by atoms with Crippen molar-refractivity contribution in [1.29, 1.82) is 0 Å². The van der Waals surface area contributed by atoms with E-state index in [1.165, 1.54) is 33.3 Å². The Hall–Kier alpha value is -3.17. The minimum atomic E-state index is 0.0419. The second-order valence-corrected chi connectivity index (χ2v) is 10.3. The van der Waals surface area contributed by atoms with Crippen molar-refractivity contribution < 1.29 is 0 Å². The Kier molecular flexibility index (Phi) is 5.00. The summed E-state index contributed by atoms with van der Waals surface area (Å²) in [5.74, 6) is 0.974. The summed E-state index contributed by atoms with van der Waals surface area (Å²) in [4.78, 5) is 5.21. The summed E-state index contributed by atoms with van der Waals surface area (Å²) < 4.78 is 3.40. The third-order valence-electron chi connectivity index (χ3n) is 7.64. The van der Waals surface area contributed by atoms with Gasteiger partial charge in [-0.3, -0.25) is 4.57 Å². The van der Waals surface area contributed by atoms with E-state index in [-0.39, 0.29) is 5.41 Å². The zero-order chi connectivity index (χ0) is 23.4. The zero-order valence-electron chi connectivity index (χ0n) is 19.8. The highest BCUT2D eigenvalue weighted by Crippen LogP contribution is 2.53. The molecular formula is C31H27BrN2. The molecular weight excluding hydrogens is 480 g/mol. The Morgan fingerprint density at radius 2 is 1.50 bits per heavy atom. The number of aromatic nitrogens is 2. The molecule has 0 atom stereocenters. The van der Waals surface area contributed by atoms with Gasteiger partial charge in [-0.1, -0.05) is 83.9 Å². The summed E-state index contributed by atoms with van der Waals surface area (Å²) in [6.07, 6.45) is 2.16. The smallest absolute Gasteiger partial charge is 0.145 e. The monoisotopic (exact) mass is 506 g/mol. The van der Waals surface area contributed by atoms with Crippen molar-refractivity contribution in [3.8, 4) is 28.2 Å². The van der Waals surface area contributed by atoms with Crippen LogP contribution in [0.4, 0.5) is 0 Å². The molecule has 3 heteroatoms. The molecule has 1 aliphatic carbocycles. The quantitative estimate of drug-likeness (QED) is 0.238. The van der Waals surface area contributed by atoms with Gasteiger partial charge in [0.15, 0.2) is 0 Å². The van der Waals surface area contributed by atoms with Gasteiger partial charge in [0.1, 0.15) is 5.82 Å². The van der Waals surface area contributed by atoms with E-state index in [4.69, 9.17) is 4.98 Å². The second-order valence-electron chi connectivity index (χ2n) is 9.33. The molecule has 1 heterocycles. The Balaban J connectivity index is 1.69.